The minimum Gasteiger partial charge on any atom is -0.278 e. The van der Waals surface area contributed by atoms with Crippen molar-refractivity contribution in [3.05, 3.63) is 40.9 Å². The molecule has 0 aliphatic heterocycles. The van der Waals surface area contributed by atoms with E-state index < -0.39 is 0 Å². The molecule has 0 fully saturated rings. The van der Waals surface area contributed by atoms with Crippen molar-refractivity contribution in [3.8, 4) is 0 Å². The number of nitrogens with zero attached hydrogens (tertiary/aromatic N) is 3. The number of imidazole rings is 1. The van der Waals surface area contributed by atoms with Crippen molar-refractivity contribution in [1.29, 1.82) is 0 Å². The molecular weight excluding hydrogens is 233 g/mol. The van der Waals surface area contributed by atoms with Crippen molar-refractivity contribution in [2.75, 3.05) is 0 Å². The van der Waals surface area contributed by atoms with E-state index in [1.54, 1.807) is 10.6 Å². The number of aromatic nitrogens is 3. The van der Waals surface area contributed by atoms with Crippen molar-refractivity contribution in [2.45, 2.75) is 0 Å². The lowest BCUT2D eigenvalue weighted by Gasteiger charge is -2.03. The fraction of sp³-hybridized carbons (Fsp3) is 0. The molecule has 0 unspecified atom stereocenters. The van der Waals surface area contributed by atoms with E-state index in [1.165, 1.54) is 0 Å². The highest BCUT2D eigenvalue weighted by molar-refractivity contribution is 6.34. The summed E-state index contributed by atoms with van der Waals surface area (Å²) < 4.78 is 1.78. The van der Waals surface area contributed by atoms with Crippen LogP contribution in [0.5, 0.6) is 0 Å². The van der Waals surface area contributed by atoms with Gasteiger partial charge >= 0.3 is 0 Å². The zero-order chi connectivity index (χ0) is 10.4. The Balaban J connectivity index is 2.67. The van der Waals surface area contributed by atoms with Crippen molar-refractivity contribution in [1.82, 2.24) is 14.4 Å². The third-order valence-corrected chi connectivity index (χ3v) is 2.82. The molecule has 0 N–H and O–H groups in total. The first-order chi connectivity index (χ1) is 7.27. The van der Waals surface area contributed by atoms with Crippen molar-refractivity contribution < 1.29 is 0 Å². The van der Waals surface area contributed by atoms with Gasteiger partial charge in [-0.1, -0.05) is 23.7 Å². The second-order valence-electron chi connectivity index (χ2n) is 3.14. The highest BCUT2D eigenvalue weighted by Crippen LogP contribution is 2.24. The van der Waals surface area contributed by atoms with E-state index in [0.29, 0.717) is 10.4 Å². The first kappa shape index (κ1) is 8.95. The van der Waals surface area contributed by atoms with Crippen LogP contribution in [-0.2, 0) is 0 Å². The summed E-state index contributed by atoms with van der Waals surface area (Å²) in [4.78, 5) is 8.27. The van der Waals surface area contributed by atoms with Crippen LogP contribution in [0.2, 0.25) is 10.4 Å². The van der Waals surface area contributed by atoms with Gasteiger partial charge in [-0.05, 0) is 23.7 Å². The van der Waals surface area contributed by atoms with Gasteiger partial charge in [-0.15, -0.1) is 0 Å². The number of rotatable bonds is 0. The predicted molar refractivity (Wildman–Crippen MR) is 60.5 cm³/mol. The summed E-state index contributed by atoms with van der Waals surface area (Å²) in [5.74, 6) is 0. The summed E-state index contributed by atoms with van der Waals surface area (Å²) in [6.45, 7) is 0. The van der Waals surface area contributed by atoms with Crippen LogP contribution in [-0.4, -0.2) is 14.4 Å². The van der Waals surface area contributed by atoms with Crippen molar-refractivity contribution in [3.63, 3.8) is 0 Å². The van der Waals surface area contributed by atoms with Gasteiger partial charge in [0.15, 0.2) is 5.15 Å². The van der Waals surface area contributed by atoms with Gasteiger partial charge in [-0.3, -0.25) is 4.40 Å². The van der Waals surface area contributed by atoms with Crippen molar-refractivity contribution in [2.24, 2.45) is 0 Å². The fourth-order valence-electron chi connectivity index (χ4n) is 1.61. The Hall–Kier alpha value is -1.32. The third-order valence-electron chi connectivity index (χ3n) is 2.27. The number of hydrogen-bond donors (Lipinski definition) is 0. The second-order valence-corrected chi connectivity index (χ2v) is 3.84. The molecule has 1 aromatic carbocycles. The average molecular weight is 238 g/mol. The van der Waals surface area contributed by atoms with Crippen LogP contribution in [0.3, 0.4) is 0 Å². The minimum atomic E-state index is 0.394. The molecule has 3 aromatic rings. The summed E-state index contributed by atoms with van der Waals surface area (Å²) in [6, 6.07) is 7.65. The smallest absolute Gasteiger partial charge is 0.208 e. The molecule has 2 aromatic heterocycles. The lowest BCUT2D eigenvalue weighted by molar-refractivity contribution is 1.19. The molecule has 3 rings (SSSR count). The van der Waals surface area contributed by atoms with Crippen molar-refractivity contribution >= 4 is 39.8 Å². The van der Waals surface area contributed by atoms with Gasteiger partial charge in [0.05, 0.1) is 17.2 Å². The molecule has 0 atom stereocenters. The number of para-hydroxylation sites is 2. The summed E-state index contributed by atoms with van der Waals surface area (Å²) >= 11 is 12.0. The van der Waals surface area contributed by atoms with Gasteiger partial charge < -0.3 is 0 Å². The first-order valence-electron chi connectivity index (χ1n) is 4.34. The maximum atomic E-state index is 6.02. The standard InChI is InChI=1S/C10H5Cl2N3/c11-9-8-5-13-10(12)15(8)7-4-2-1-3-6(7)14-9/h1-5H. The molecule has 3 nitrogen and oxygen atoms in total. The molecule has 0 saturated carbocycles. The summed E-state index contributed by atoms with van der Waals surface area (Å²) in [6.07, 6.45) is 1.62. The third kappa shape index (κ3) is 1.20. The average Bonchev–Trinajstić information content (AvgIpc) is 2.62. The summed E-state index contributed by atoms with van der Waals surface area (Å²) in [5, 5.41) is 0.804. The Morgan fingerprint density at radius 1 is 1.07 bits per heavy atom. The zero-order valence-corrected chi connectivity index (χ0v) is 9.00. The van der Waals surface area contributed by atoms with E-state index in [4.69, 9.17) is 23.2 Å². The molecule has 0 amide bonds. The maximum Gasteiger partial charge on any atom is 0.208 e. The van der Waals surface area contributed by atoms with Gasteiger partial charge in [0.25, 0.3) is 0 Å². The Labute approximate surface area is 95.3 Å². The zero-order valence-electron chi connectivity index (χ0n) is 7.48. The number of hydrogen-bond acceptors (Lipinski definition) is 2. The highest BCUT2D eigenvalue weighted by atomic mass is 35.5. The van der Waals surface area contributed by atoms with Gasteiger partial charge in [0.1, 0.15) is 5.52 Å². The van der Waals surface area contributed by atoms with E-state index in [9.17, 15) is 0 Å². The van der Waals surface area contributed by atoms with Crippen LogP contribution in [0.15, 0.2) is 30.5 Å². The molecule has 74 valence electrons. The Morgan fingerprint density at radius 2 is 1.87 bits per heavy atom. The SMILES string of the molecule is Clc1nc2ccccc2n2c(Cl)ncc12. The number of benzene rings is 1. The number of fused-ring (bicyclic) bond motifs is 3. The Morgan fingerprint density at radius 3 is 2.73 bits per heavy atom. The molecule has 0 spiro atoms. The molecule has 0 aliphatic rings. The second kappa shape index (κ2) is 3.08. The number of halogens is 2. The largest absolute Gasteiger partial charge is 0.278 e. The molecule has 0 bridgehead atoms. The summed E-state index contributed by atoms with van der Waals surface area (Å²) in [7, 11) is 0. The van der Waals surface area contributed by atoms with Gasteiger partial charge in [0, 0.05) is 0 Å². The monoisotopic (exact) mass is 237 g/mol. The van der Waals surface area contributed by atoms with E-state index in [1.807, 2.05) is 24.3 Å². The molecule has 0 aliphatic carbocycles. The van der Waals surface area contributed by atoms with Gasteiger partial charge in [0.2, 0.25) is 5.28 Å². The van der Waals surface area contributed by atoms with Gasteiger partial charge in [-0.25, -0.2) is 9.97 Å². The van der Waals surface area contributed by atoms with Gasteiger partial charge in [-0.2, -0.15) is 0 Å². The molecule has 0 radical (unpaired) electrons. The lowest BCUT2D eigenvalue weighted by Crippen LogP contribution is -1.91. The molecule has 15 heavy (non-hydrogen) atoms. The van der Waals surface area contributed by atoms with E-state index >= 15 is 0 Å². The fourth-order valence-corrected chi connectivity index (χ4v) is 2.07. The quantitative estimate of drug-likeness (QED) is 0.602. The topological polar surface area (TPSA) is 30.2 Å². The Kier molecular flexibility index (Phi) is 1.84. The normalized spacial score (nSPS) is 11.3. The molecule has 2 heterocycles. The molecule has 5 heteroatoms. The van der Waals surface area contributed by atoms with E-state index in [2.05, 4.69) is 9.97 Å². The Bertz CT molecular complexity index is 660. The molecule has 0 saturated heterocycles. The maximum absolute atomic E-state index is 6.02. The highest BCUT2D eigenvalue weighted by Gasteiger charge is 2.09. The van der Waals surface area contributed by atoms with Crippen LogP contribution in [0.25, 0.3) is 16.6 Å². The van der Waals surface area contributed by atoms with E-state index in [0.717, 1.165) is 16.6 Å². The van der Waals surface area contributed by atoms with Crippen LogP contribution < -0.4 is 0 Å². The predicted octanol–water partition coefficient (Wildman–Crippen LogP) is 3.19. The first-order valence-corrected chi connectivity index (χ1v) is 5.10. The molecular formula is C10H5Cl2N3. The summed E-state index contributed by atoms with van der Waals surface area (Å²) in [5.41, 5.74) is 2.43. The van der Waals surface area contributed by atoms with Crippen LogP contribution in [0.4, 0.5) is 0 Å². The van der Waals surface area contributed by atoms with Crippen LogP contribution in [0, 0.1) is 0 Å². The minimum absolute atomic E-state index is 0.394. The van der Waals surface area contributed by atoms with Crippen LogP contribution >= 0.6 is 23.2 Å². The lowest BCUT2D eigenvalue weighted by atomic mass is 10.3. The van der Waals surface area contributed by atoms with Crippen LogP contribution in [0.1, 0.15) is 0 Å². The van der Waals surface area contributed by atoms with E-state index in [-0.39, 0.29) is 0 Å².